The van der Waals surface area contributed by atoms with E-state index in [1.54, 1.807) is 18.2 Å². The third-order valence-electron chi connectivity index (χ3n) is 1.74. The number of carboxylic acid groups (broad SMARTS) is 1. The lowest BCUT2D eigenvalue weighted by atomic mass is 10.2. The van der Waals surface area contributed by atoms with E-state index < -0.39 is 18.5 Å². The first kappa shape index (κ1) is 12.3. The van der Waals surface area contributed by atoms with Crippen LogP contribution >= 0.6 is 11.6 Å². The summed E-state index contributed by atoms with van der Waals surface area (Å²) in [5, 5.41) is 13.6. The minimum Gasteiger partial charge on any atom is -0.480 e. The molecule has 1 aromatic rings. The highest BCUT2D eigenvalue weighted by Gasteiger charge is 2.02. The average molecular weight is 243 g/mol. The number of hydrogen-bond donors (Lipinski definition) is 3. The van der Waals surface area contributed by atoms with Gasteiger partial charge < -0.3 is 15.7 Å². The number of urea groups is 1. The molecule has 1 rings (SSSR count). The second kappa shape index (κ2) is 5.97. The Hall–Kier alpha value is -1.75. The standard InChI is InChI=1S/C10H11ClN2O3/c11-8-3-1-2-7(4-8)5-12-10(16)13-6-9(14)15/h1-4H,5-6H2,(H,14,15)(H2,12,13,16). The van der Waals surface area contributed by atoms with Crippen LogP contribution in [0.3, 0.4) is 0 Å². The van der Waals surface area contributed by atoms with E-state index in [-0.39, 0.29) is 0 Å². The maximum atomic E-state index is 11.1. The zero-order chi connectivity index (χ0) is 12.0. The molecule has 0 radical (unpaired) electrons. The normalized spacial score (nSPS) is 9.56. The Morgan fingerprint density at radius 1 is 1.31 bits per heavy atom. The molecular formula is C10H11ClN2O3. The summed E-state index contributed by atoms with van der Waals surface area (Å²) in [5.41, 5.74) is 0.845. The van der Waals surface area contributed by atoms with Crippen molar-refractivity contribution in [3.8, 4) is 0 Å². The Morgan fingerprint density at radius 2 is 2.06 bits per heavy atom. The fourth-order valence-electron chi connectivity index (χ4n) is 1.05. The van der Waals surface area contributed by atoms with Crippen molar-refractivity contribution in [2.75, 3.05) is 6.54 Å². The van der Waals surface area contributed by atoms with E-state index in [1.807, 2.05) is 6.07 Å². The molecule has 16 heavy (non-hydrogen) atoms. The topological polar surface area (TPSA) is 78.4 Å². The second-order valence-corrected chi connectivity index (χ2v) is 3.50. The summed E-state index contributed by atoms with van der Waals surface area (Å²) in [5.74, 6) is -1.09. The van der Waals surface area contributed by atoms with E-state index in [1.165, 1.54) is 0 Å². The zero-order valence-corrected chi connectivity index (χ0v) is 9.12. The predicted molar refractivity (Wildman–Crippen MR) is 59.3 cm³/mol. The van der Waals surface area contributed by atoms with E-state index in [0.717, 1.165) is 5.56 Å². The van der Waals surface area contributed by atoms with Crippen molar-refractivity contribution in [3.05, 3.63) is 34.9 Å². The van der Waals surface area contributed by atoms with Gasteiger partial charge in [0.25, 0.3) is 0 Å². The third-order valence-corrected chi connectivity index (χ3v) is 1.98. The van der Waals surface area contributed by atoms with Gasteiger partial charge in [-0.3, -0.25) is 4.79 Å². The SMILES string of the molecule is O=C(O)CNC(=O)NCc1cccc(Cl)c1. The summed E-state index contributed by atoms with van der Waals surface area (Å²) >= 11 is 5.76. The molecule has 0 heterocycles. The fraction of sp³-hybridized carbons (Fsp3) is 0.200. The second-order valence-electron chi connectivity index (χ2n) is 3.06. The minimum absolute atomic E-state index is 0.298. The highest BCUT2D eigenvalue weighted by molar-refractivity contribution is 6.30. The Bertz CT molecular complexity index is 395. The molecule has 0 fully saturated rings. The number of carbonyl (C=O) groups is 2. The van der Waals surface area contributed by atoms with Gasteiger partial charge in [-0.15, -0.1) is 0 Å². The lowest BCUT2D eigenvalue weighted by Crippen LogP contribution is -2.37. The Balaban J connectivity index is 2.34. The van der Waals surface area contributed by atoms with Crippen molar-refractivity contribution >= 4 is 23.6 Å². The predicted octanol–water partition coefficient (Wildman–Crippen LogP) is 1.22. The molecular weight excluding hydrogens is 232 g/mol. The molecule has 0 atom stereocenters. The maximum absolute atomic E-state index is 11.1. The number of carbonyl (C=O) groups excluding carboxylic acids is 1. The van der Waals surface area contributed by atoms with Crippen LogP contribution in [-0.4, -0.2) is 23.7 Å². The Kier molecular flexibility index (Phi) is 4.60. The summed E-state index contributed by atoms with van der Waals surface area (Å²) < 4.78 is 0. The summed E-state index contributed by atoms with van der Waals surface area (Å²) in [4.78, 5) is 21.2. The van der Waals surface area contributed by atoms with Gasteiger partial charge in [-0.05, 0) is 17.7 Å². The summed E-state index contributed by atoms with van der Waals surface area (Å²) in [6, 6.07) is 6.51. The van der Waals surface area contributed by atoms with E-state index >= 15 is 0 Å². The molecule has 0 aromatic heterocycles. The van der Waals surface area contributed by atoms with E-state index in [4.69, 9.17) is 16.7 Å². The highest BCUT2D eigenvalue weighted by atomic mass is 35.5. The molecule has 0 aliphatic rings. The van der Waals surface area contributed by atoms with Crippen LogP contribution < -0.4 is 10.6 Å². The number of carboxylic acids is 1. The van der Waals surface area contributed by atoms with Crippen molar-refractivity contribution in [2.24, 2.45) is 0 Å². The molecule has 0 aliphatic heterocycles. The molecule has 2 amide bonds. The number of amides is 2. The van der Waals surface area contributed by atoms with Crippen molar-refractivity contribution < 1.29 is 14.7 Å². The number of hydrogen-bond acceptors (Lipinski definition) is 2. The number of aliphatic carboxylic acids is 1. The summed E-state index contributed by atoms with van der Waals surface area (Å²) in [7, 11) is 0. The minimum atomic E-state index is -1.09. The van der Waals surface area contributed by atoms with Crippen molar-refractivity contribution in [3.63, 3.8) is 0 Å². The van der Waals surface area contributed by atoms with Gasteiger partial charge in [0.05, 0.1) is 0 Å². The lowest BCUT2D eigenvalue weighted by molar-refractivity contribution is -0.135. The van der Waals surface area contributed by atoms with E-state index in [0.29, 0.717) is 11.6 Å². The molecule has 0 saturated heterocycles. The van der Waals surface area contributed by atoms with Crippen LogP contribution in [0.25, 0.3) is 0 Å². The summed E-state index contributed by atoms with van der Waals surface area (Å²) in [6.45, 7) is -0.104. The highest BCUT2D eigenvalue weighted by Crippen LogP contribution is 2.09. The van der Waals surface area contributed by atoms with E-state index in [2.05, 4.69) is 10.6 Å². The van der Waals surface area contributed by atoms with E-state index in [9.17, 15) is 9.59 Å². The molecule has 0 bridgehead atoms. The number of nitrogens with one attached hydrogen (secondary N) is 2. The Morgan fingerprint density at radius 3 is 2.69 bits per heavy atom. The first-order chi connectivity index (χ1) is 7.58. The monoisotopic (exact) mass is 242 g/mol. The van der Waals surface area contributed by atoms with Crippen LogP contribution in [0.2, 0.25) is 5.02 Å². The molecule has 0 spiro atoms. The average Bonchev–Trinajstić information content (AvgIpc) is 2.23. The maximum Gasteiger partial charge on any atom is 0.323 e. The van der Waals surface area contributed by atoms with Crippen LogP contribution in [0.4, 0.5) is 4.79 Å². The number of halogens is 1. The lowest BCUT2D eigenvalue weighted by Gasteiger charge is -2.05. The first-order valence-electron chi connectivity index (χ1n) is 4.56. The van der Waals surface area contributed by atoms with Gasteiger partial charge in [0, 0.05) is 11.6 Å². The van der Waals surface area contributed by atoms with Crippen LogP contribution in [0.15, 0.2) is 24.3 Å². The summed E-state index contributed by atoms with van der Waals surface area (Å²) in [6.07, 6.45) is 0. The van der Waals surface area contributed by atoms with Gasteiger partial charge in [-0.1, -0.05) is 23.7 Å². The smallest absolute Gasteiger partial charge is 0.323 e. The third kappa shape index (κ3) is 4.65. The molecule has 0 saturated carbocycles. The largest absolute Gasteiger partial charge is 0.480 e. The van der Waals surface area contributed by atoms with Crippen molar-refractivity contribution in [2.45, 2.75) is 6.54 Å². The van der Waals surface area contributed by atoms with Crippen molar-refractivity contribution in [1.82, 2.24) is 10.6 Å². The number of rotatable bonds is 4. The van der Waals surface area contributed by atoms with Crippen LogP contribution in [-0.2, 0) is 11.3 Å². The fourth-order valence-corrected chi connectivity index (χ4v) is 1.26. The van der Waals surface area contributed by atoms with Crippen molar-refractivity contribution in [1.29, 1.82) is 0 Å². The molecule has 5 nitrogen and oxygen atoms in total. The first-order valence-corrected chi connectivity index (χ1v) is 4.93. The molecule has 0 unspecified atom stereocenters. The Labute approximate surface area is 97.4 Å². The van der Waals surface area contributed by atoms with Gasteiger partial charge in [0.15, 0.2) is 0 Å². The van der Waals surface area contributed by atoms with Crippen LogP contribution in [0.1, 0.15) is 5.56 Å². The zero-order valence-electron chi connectivity index (χ0n) is 8.37. The van der Waals surface area contributed by atoms with Gasteiger partial charge in [-0.25, -0.2) is 4.79 Å². The van der Waals surface area contributed by atoms with Crippen LogP contribution in [0, 0.1) is 0 Å². The van der Waals surface area contributed by atoms with Gasteiger partial charge in [0.1, 0.15) is 6.54 Å². The van der Waals surface area contributed by atoms with Crippen LogP contribution in [0.5, 0.6) is 0 Å². The molecule has 1 aromatic carbocycles. The van der Waals surface area contributed by atoms with Gasteiger partial charge in [0.2, 0.25) is 0 Å². The van der Waals surface area contributed by atoms with Gasteiger partial charge >= 0.3 is 12.0 Å². The van der Waals surface area contributed by atoms with Gasteiger partial charge in [-0.2, -0.15) is 0 Å². The molecule has 86 valence electrons. The quantitative estimate of drug-likeness (QED) is 0.743. The molecule has 6 heteroatoms. The molecule has 0 aliphatic carbocycles. The molecule has 3 N–H and O–H groups in total. The number of benzene rings is 1.